The highest BCUT2D eigenvalue weighted by Gasteiger charge is 2.25. The molecule has 214 valence electrons. The molecule has 1 N–H and O–H groups in total. The molecule has 3 heterocycles. The first-order chi connectivity index (χ1) is 21.8. The van der Waals surface area contributed by atoms with Crippen LogP contribution in [0.2, 0.25) is 0 Å². The van der Waals surface area contributed by atoms with Crippen molar-refractivity contribution in [3.8, 4) is 11.1 Å². The van der Waals surface area contributed by atoms with Crippen LogP contribution in [-0.4, -0.2) is 16.5 Å². The summed E-state index contributed by atoms with van der Waals surface area (Å²) in [6, 6.07) is 30.3. The lowest BCUT2D eigenvalue weighted by molar-refractivity contribution is 0.636. The van der Waals surface area contributed by atoms with Gasteiger partial charge < -0.3 is 5.32 Å². The number of nitrogens with one attached hydrogen (secondary N) is 1. The molecule has 3 nitrogen and oxygen atoms in total. The Morgan fingerprint density at radius 1 is 0.659 bits per heavy atom. The molecule has 3 aromatic carbocycles. The topological polar surface area (TPSA) is 37.8 Å². The van der Waals surface area contributed by atoms with E-state index in [9.17, 15) is 0 Å². The van der Waals surface area contributed by atoms with Crippen molar-refractivity contribution < 1.29 is 0 Å². The second-order valence-electron chi connectivity index (χ2n) is 12.0. The fourth-order valence-corrected chi connectivity index (χ4v) is 7.21. The maximum atomic E-state index is 4.65. The predicted molar refractivity (Wildman–Crippen MR) is 183 cm³/mol. The average molecular weight is 570 g/mol. The van der Waals surface area contributed by atoms with E-state index in [1.54, 1.807) is 0 Å². The molecule has 3 heteroatoms. The van der Waals surface area contributed by atoms with Crippen molar-refractivity contribution in [3.63, 3.8) is 0 Å². The van der Waals surface area contributed by atoms with Gasteiger partial charge >= 0.3 is 0 Å². The zero-order valence-electron chi connectivity index (χ0n) is 24.8. The minimum atomic E-state index is 0.310. The van der Waals surface area contributed by atoms with Crippen LogP contribution in [0.5, 0.6) is 0 Å². The standard InChI is InChI=1S/C41H35N3/c1-2-10-28(11-3-1)31-20-22-35-36(26-31)40(30-18-16-29(17-19-30)37-14-6-8-24-42-37)33-12-4-5-13-34(33)41(35)32-21-23-39(44-27-32)38-15-7-9-25-43-38/h1-3,6-16,18-20,22-26,29,32,44H,4-5,17,21,27H2. The number of fused-ring (bicyclic) bond motifs is 2. The van der Waals surface area contributed by atoms with Gasteiger partial charge in [0.1, 0.15) is 0 Å². The Hall–Kier alpha value is -5.02. The van der Waals surface area contributed by atoms with Gasteiger partial charge in [-0.1, -0.05) is 91.1 Å². The van der Waals surface area contributed by atoms with E-state index in [0.29, 0.717) is 11.8 Å². The first-order valence-corrected chi connectivity index (χ1v) is 15.8. The quantitative estimate of drug-likeness (QED) is 0.234. The lowest BCUT2D eigenvalue weighted by atomic mass is 9.80. The molecule has 2 unspecified atom stereocenters. The van der Waals surface area contributed by atoms with E-state index in [2.05, 4.69) is 125 Å². The zero-order valence-corrected chi connectivity index (χ0v) is 24.8. The summed E-state index contributed by atoms with van der Waals surface area (Å²) in [7, 11) is 0. The lowest BCUT2D eigenvalue weighted by Gasteiger charge is -2.28. The van der Waals surface area contributed by atoms with E-state index < -0.39 is 0 Å². The number of rotatable bonds is 5. The van der Waals surface area contributed by atoms with E-state index in [0.717, 1.165) is 49.3 Å². The molecule has 0 bridgehead atoms. The summed E-state index contributed by atoms with van der Waals surface area (Å²) in [6.45, 7) is 0.895. The molecule has 8 rings (SSSR count). The summed E-state index contributed by atoms with van der Waals surface area (Å²) in [5.74, 6) is 0.688. The van der Waals surface area contributed by atoms with Gasteiger partial charge in [0.15, 0.2) is 0 Å². The molecule has 0 saturated carbocycles. The number of hydrogen-bond acceptors (Lipinski definition) is 3. The second-order valence-corrected chi connectivity index (χ2v) is 12.0. The molecule has 0 fully saturated rings. The molecular weight excluding hydrogens is 534 g/mol. The molecule has 0 amide bonds. The minimum absolute atomic E-state index is 0.310. The highest BCUT2D eigenvalue weighted by molar-refractivity contribution is 6.01. The molecule has 2 atom stereocenters. The first-order valence-electron chi connectivity index (χ1n) is 15.8. The van der Waals surface area contributed by atoms with Crippen molar-refractivity contribution in [2.24, 2.45) is 0 Å². The van der Waals surface area contributed by atoms with E-state index >= 15 is 0 Å². The van der Waals surface area contributed by atoms with Crippen LogP contribution in [0.1, 0.15) is 60.0 Å². The van der Waals surface area contributed by atoms with Crippen LogP contribution >= 0.6 is 0 Å². The van der Waals surface area contributed by atoms with Gasteiger partial charge in [-0.2, -0.15) is 0 Å². The van der Waals surface area contributed by atoms with Crippen molar-refractivity contribution in [2.45, 2.75) is 37.5 Å². The van der Waals surface area contributed by atoms with Crippen molar-refractivity contribution in [1.82, 2.24) is 15.3 Å². The van der Waals surface area contributed by atoms with Gasteiger partial charge in [0, 0.05) is 36.5 Å². The molecule has 1 aliphatic heterocycles. The fourth-order valence-electron chi connectivity index (χ4n) is 7.21. The Morgan fingerprint density at radius 3 is 2.20 bits per heavy atom. The summed E-state index contributed by atoms with van der Waals surface area (Å²) in [5, 5.41) is 9.27. The van der Waals surface area contributed by atoms with E-state index in [4.69, 9.17) is 0 Å². The van der Waals surface area contributed by atoms with Crippen LogP contribution in [0.15, 0.2) is 122 Å². The van der Waals surface area contributed by atoms with Crippen LogP contribution in [0.3, 0.4) is 0 Å². The van der Waals surface area contributed by atoms with E-state index in [-0.39, 0.29) is 0 Å². The summed E-state index contributed by atoms with van der Waals surface area (Å²) in [5.41, 5.74) is 9.97. The molecule has 0 saturated heterocycles. The van der Waals surface area contributed by atoms with Gasteiger partial charge in [-0.05, 0) is 105 Å². The Morgan fingerprint density at radius 2 is 1.48 bits per heavy atom. The molecular formula is C41H35N3. The van der Waals surface area contributed by atoms with Gasteiger partial charge in [-0.15, -0.1) is 0 Å². The highest BCUT2D eigenvalue weighted by Crippen LogP contribution is 2.37. The third kappa shape index (κ3) is 4.89. The third-order valence-corrected chi connectivity index (χ3v) is 9.35. The fraction of sp³-hybridized carbons (Fsp3) is 0.171. The number of allylic oxidation sites excluding steroid dienone is 5. The number of pyridine rings is 2. The highest BCUT2D eigenvalue weighted by atomic mass is 14.9. The monoisotopic (exact) mass is 569 g/mol. The largest absolute Gasteiger partial charge is 0.383 e. The second kappa shape index (κ2) is 11.6. The van der Waals surface area contributed by atoms with Crippen LogP contribution in [0.25, 0.3) is 45.3 Å². The van der Waals surface area contributed by atoms with E-state index in [1.807, 2.05) is 24.5 Å². The molecule has 0 radical (unpaired) electrons. The van der Waals surface area contributed by atoms with Gasteiger partial charge in [-0.3, -0.25) is 9.97 Å². The molecule has 2 aliphatic carbocycles. The summed E-state index contributed by atoms with van der Waals surface area (Å²) >= 11 is 0. The van der Waals surface area contributed by atoms with Crippen molar-refractivity contribution in [3.05, 3.63) is 155 Å². The normalized spacial score (nSPS) is 19.2. The maximum Gasteiger partial charge on any atom is 0.0857 e. The molecule has 44 heavy (non-hydrogen) atoms. The molecule has 5 aromatic rings. The Bertz CT molecular complexity index is 2060. The van der Waals surface area contributed by atoms with Crippen LogP contribution < -0.4 is 15.8 Å². The van der Waals surface area contributed by atoms with Gasteiger partial charge in [-0.25, -0.2) is 0 Å². The number of hydrogen-bond donors (Lipinski definition) is 1. The van der Waals surface area contributed by atoms with Crippen LogP contribution in [-0.2, 0) is 0 Å². The Kier molecular flexibility index (Phi) is 7.00. The van der Waals surface area contributed by atoms with Crippen LogP contribution in [0.4, 0.5) is 0 Å². The molecule has 3 aliphatic rings. The van der Waals surface area contributed by atoms with E-state index in [1.165, 1.54) is 49.0 Å². The van der Waals surface area contributed by atoms with Gasteiger partial charge in [0.2, 0.25) is 0 Å². The smallest absolute Gasteiger partial charge is 0.0857 e. The predicted octanol–water partition coefficient (Wildman–Crippen LogP) is 7.90. The van der Waals surface area contributed by atoms with Crippen molar-refractivity contribution in [1.29, 1.82) is 0 Å². The average Bonchev–Trinajstić information content (AvgIpc) is 3.12. The summed E-state index contributed by atoms with van der Waals surface area (Å²) in [6.07, 6.45) is 22.3. The Labute approximate surface area is 258 Å². The Balaban J connectivity index is 1.29. The zero-order chi connectivity index (χ0) is 29.3. The SMILES string of the molecule is C1=CC(c2ccccn2)CC=C1c1c2c(c(C3CC=C(c4ccccn4)NC3)c3ccc(-c4ccccc4)cc13)=CCCC=2. The number of benzene rings is 3. The third-order valence-electron chi connectivity index (χ3n) is 9.35. The maximum absolute atomic E-state index is 4.65. The van der Waals surface area contributed by atoms with Gasteiger partial charge in [0.05, 0.1) is 11.4 Å². The van der Waals surface area contributed by atoms with Crippen LogP contribution in [0, 0.1) is 0 Å². The van der Waals surface area contributed by atoms with Gasteiger partial charge in [0.25, 0.3) is 0 Å². The van der Waals surface area contributed by atoms with Crippen molar-refractivity contribution in [2.75, 3.05) is 6.54 Å². The number of nitrogens with zero attached hydrogens (tertiary/aromatic N) is 2. The lowest BCUT2D eigenvalue weighted by Crippen LogP contribution is -2.38. The number of aromatic nitrogens is 2. The summed E-state index contributed by atoms with van der Waals surface area (Å²) in [4.78, 5) is 9.24. The van der Waals surface area contributed by atoms with Crippen molar-refractivity contribution >= 4 is 34.2 Å². The minimum Gasteiger partial charge on any atom is -0.383 e. The first kappa shape index (κ1) is 26.6. The summed E-state index contributed by atoms with van der Waals surface area (Å²) < 4.78 is 0. The molecule has 0 spiro atoms. The molecule has 2 aromatic heterocycles.